The number of aromatic nitrogens is 2. The maximum absolute atomic E-state index is 5.62. The first-order valence-electron chi connectivity index (χ1n) is 9.66. The minimum atomic E-state index is 0.681. The molecule has 0 unspecified atom stereocenters. The molecule has 0 saturated heterocycles. The van der Waals surface area contributed by atoms with Crippen LogP contribution in [0.2, 0.25) is 0 Å². The van der Waals surface area contributed by atoms with Crippen LogP contribution in [0, 0.1) is 12.8 Å². The summed E-state index contributed by atoms with van der Waals surface area (Å²) in [6.07, 6.45) is 4.94. The summed E-state index contributed by atoms with van der Waals surface area (Å²) in [6, 6.07) is 8.58. The Balaban J connectivity index is 1.74. The fourth-order valence-corrected chi connectivity index (χ4v) is 2.67. The van der Waals surface area contributed by atoms with Gasteiger partial charge in [0.1, 0.15) is 5.82 Å². The lowest BCUT2D eigenvalue weighted by atomic mass is 10.1. The van der Waals surface area contributed by atoms with Crippen molar-refractivity contribution in [3.63, 3.8) is 0 Å². The molecule has 6 nitrogen and oxygen atoms in total. The molecule has 0 spiro atoms. The zero-order valence-corrected chi connectivity index (χ0v) is 17.0. The van der Waals surface area contributed by atoms with Crippen LogP contribution in [-0.4, -0.2) is 42.3 Å². The molecule has 2 aromatic rings. The van der Waals surface area contributed by atoms with Crippen LogP contribution in [0.3, 0.4) is 0 Å². The molecule has 1 aromatic heterocycles. The van der Waals surface area contributed by atoms with Gasteiger partial charge in [-0.3, -0.25) is 4.99 Å². The van der Waals surface area contributed by atoms with Crippen molar-refractivity contribution in [3.05, 3.63) is 53.6 Å². The van der Waals surface area contributed by atoms with Gasteiger partial charge in [0.05, 0.1) is 6.61 Å². The number of aryl methyl sites for hydroxylation is 1. The van der Waals surface area contributed by atoms with Crippen molar-refractivity contribution in [2.24, 2.45) is 10.9 Å². The quantitative estimate of drug-likeness (QED) is 0.383. The molecule has 0 aliphatic rings. The first kappa shape index (κ1) is 21.0. The molecule has 0 saturated carbocycles. The average Bonchev–Trinajstić information content (AvgIpc) is 3.05. The third kappa shape index (κ3) is 7.83. The molecule has 6 heteroatoms. The Labute approximate surface area is 163 Å². The minimum Gasteiger partial charge on any atom is -0.380 e. The van der Waals surface area contributed by atoms with Crippen molar-refractivity contribution >= 4 is 5.96 Å². The number of nitrogens with one attached hydrogen (secondary N) is 2. The topological polar surface area (TPSA) is 63.5 Å². The second kappa shape index (κ2) is 11.4. The van der Waals surface area contributed by atoms with Crippen molar-refractivity contribution in [3.8, 4) is 0 Å². The highest BCUT2D eigenvalue weighted by atomic mass is 16.5. The fourth-order valence-electron chi connectivity index (χ4n) is 2.67. The van der Waals surface area contributed by atoms with Crippen LogP contribution in [0.4, 0.5) is 0 Å². The molecule has 0 aliphatic carbocycles. The SMILES string of the molecule is CN=C(NCCOCCC(C)C)NCc1cccc(Cn2ccnc2C)c1. The van der Waals surface area contributed by atoms with E-state index in [9.17, 15) is 0 Å². The summed E-state index contributed by atoms with van der Waals surface area (Å²) in [5, 5.41) is 6.64. The van der Waals surface area contributed by atoms with Gasteiger partial charge < -0.3 is 19.9 Å². The third-order valence-corrected chi connectivity index (χ3v) is 4.33. The summed E-state index contributed by atoms with van der Waals surface area (Å²) in [7, 11) is 1.78. The predicted molar refractivity (Wildman–Crippen MR) is 111 cm³/mol. The molecule has 0 radical (unpaired) electrons. The van der Waals surface area contributed by atoms with Gasteiger partial charge in [-0.25, -0.2) is 4.98 Å². The molecule has 0 atom stereocenters. The van der Waals surface area contributed by atoms with Crippen molar-refractivity contribution in [2.75, 3.05) is 26.8 Å². The number of guanidine groups is 1. The molecule has 2 rings (SSSR count). The number of hydrogen-bond acceptors (Lipinski definition) is 3. The van der Waals surface area contributed by atoms with Crippen LogP contribution >= 0.6 is 0 Å². The summed E-state index contributed by atoms with van der Waals surface area (Å²) in [5.74, 6) is 2.50. The van der Waals surface area contributed by atoms with E-state index < -0.39 is 0 Å². The lowest BCUT2D eigenvalue weighted by Crippen LogP contribution is -2.38. The van der Waals surface area contributed by atoms with Gasteiger partial charge in [0.2, 0.25) is 0 Å². The van der Waals surface area contributed by atoms with Gasteiger partial charge in [-0.05, 0) is 30.4 Å². The molecule has 148 valence electrons. The first-order chi connectivity index (χ1) is 13.1. The number of imidazole rings is 1. The molecular weight excluding hydrogens is 338 g/mol. The molecule has 27 heavy (non-hydrogen) atoms. The maximum atomic E-state index is 5.62. The summed E-state index contributed by atoms with van der Waals surface area (Å²) in [4.78, 5) is 8.55. The first-order valence-corrected chi connectivity index (χ1v) is 9.66. The molecule has 0 bridgehead atoms. The largest absolute Gasteiger partial charge is 0.380 e. The number of hydrogen-bond donors (Lipinski definition) is 2. The normalized spacial score (nSPS) is 11.8. The summed E-state index contributed by atoms with van der Waals surface area (Å²) >= 11 is 0. The molecular formula is C21H33N5O. The van der Waals surface area contributed by atoms with Gasteiger partial charge in [0, 0.05) is 45.7 Å². The maximum Gasteiger partial charge on any atom is 0.191 e. The van der Waals surface area contributed by atoms with E-state index in [0.717, 1.165) is 44.4 Å². The van der Waals surface area contributed by atoms with E-state index in [-0.39, 0.29) is 0 Å². The van der Waals surface area contributed by atoms with Crippen LogP contribution in [0.15, 0.2) is 41.7 Å². The van der Waals surface area contributed by atoms with E-state index in [1.54, 1.807) is 7.05 Å². The molecule has 1 heterocycles. The van der Waals surface area contributed by atoms with Crippen molar-refractivity contribution in [2.45, 2.75) is 40.3 Å². The Hall–Kier alpha value is -2.34. The summed E-state index contributed by atoms with van der Waals surface area (Å²) < 4.78 is 7.77. The Morgan fingerprint density at radius 2 is 2.04 bits per heavy atom. The van der Waals surface area contributed by atoms with Gasteiger partial charge in [-0.2, -0.15) is 0 Å². The van der Waals surface area contributed by atoms with Crippen LogP contribution in [0.5, 0.6) is 0 Å². The summed E-state index contributed by atoms with van der Waals surface area (Å²) in [6.45, 7) is 10.2. The molecule has 2 N–H and O–H groups in total. The second-order valence-corrected chi connectivity index (χ2v) is 7.07. The van der Waals surface area contributed by atoms with E-state index in [2.05, 4.69) is 63.3 Å². The molecule has 0 amide bonds. The standard InChI is InChI=1S/C21H33N5O/c1-17(2)8-12-27-13-10-24-21(22-4)25-15-19-6-5-7-20(14-19)16-26-11-9-23-18(26)3/h5-7,9,11,14,17H,8,10,12-13,15-16H2,1-4H3,(H2,22,24,25). The van der Waals surface area contributed by atoms with E-state index in [0.29, 0.717) is 12.5 Å². The summed E-state index contributed by atoms with van der Waals surface area (Å²) in [5.41, 5.74) is 2.48. The number of benzene rings is 1. The van der Waals surface area contributed by atoms with Gasteiger partial charge in [0.15, 0.2) is 5.96 Å². The Morgan fingerprint density at radius 1 is 1.22 bits per heavy atom. The second-order valence-electron chi connectivity index (χ2n) is 7.07. The van der Waals surface area contributed by atoms with Crippen LogP contribution in [0.25, 0.3) is 0 Å². The lowest BCUT2D eigenvalue weighted by Gasteiger charge is -2.13. The molecule has 1 aromatic carbocycles. The smallest absolute Gasteiger partial charge is 0.191 e. The number of ether oxygens (including phenoxy) is 1. The van der Waals surface area contributed by atoms with E-state index in [4.69, 9.17) is 4.74 Å². The predicted octanol–water partition coefficient (Wildman–Crippen LogP) is 2.97. The van der Waals surface area contributed by atoms with E-state index in [1.807, 2.05) is 19.3 Å². The lowest BCUT2D eigenvalue weighted by molar-refractivity contribution is 0.128. The van der Waals surface area contributed by atoms with Crippen LogP contribution in [-0.2, 0) is 17.8 Å². The van der Waals surface area contributed by atoms with E-state index >= 15 is 0 Å². The highest BCUT2D eigenvalue weighted by molar-refractivity contribution is 5.79. The molecule has 0 fully saturated rings. The van der Waals surface area contributed by atoms with Crippen LogP contribution in [0.1, 0.15) is 37.2 Å². The fraction of sp³-hybridized carbons (Fsp3) is 0.524. The van der Waals surface area contributed by atoms with Gasteiger partial charge in [-0.1, -0.05) is 38.1 Å². The third-order valence-electron chi connectivity index (χ3n) is 4.33. The average molecular weight is 372 g/mol. The van der Waals surface area contributed by atoms with Crippen molar-refractivity contribution in [1.29, 1.82) is 0 Å². The highest BCUT2D eigenvalue weighted by Gasteiger charge is 2.02. The Kier molecular flexibility index (Phi) is 8.84. The zero-order chi connectivity index (χ0) is 19.5. The molecule has 0 aliphatic heterocycles. The monoisotopic (exact) mass is 371 g/mol. The van der Waals surface area contributed by atoms with E-state index in [1.165, 1.54) is 11.1 Å². The van der Waals surface area contributed by atoms with Gasteiger partial charge >= 0.3 is 0 Å². The highest BCUT2D eigenvalue weighted by Crippen LogP contribution is 2.08. The minimum absolute atomic E-state index is 0.681. The number of aliphatic imine (C=N–C) groups is 1. The Bertz CT molecular complexity index is 708. The zero-order valence-electron chi connectivity index (χ0n) is 17.0. The van der Waals surface area contributed by atoms with Gasteiger partial charge in [-0.15, -0.1) is 0 Å². The van der Waals surface area contributed by atoms with Crippen molar-refractivity contribution in [1.82, 2.24) is 20.2 Å². The van der Waals surface area contributed by atoms with Crippen molar-refractivity contribution < 1.29 is 4.74 Å². The number of nitrogens with zero attached hydrogens (tertiary/aromatic N) is 3. The number of rotatable bonds is 10. The van der Waals surface area contributed by atoms with Crippen LogP contribution < -0.4 is 10.6 Å². The Morgan fingerprint density at radius 3 is 2.74 bits per heavy atom. The van der Waals surface area contributed by atoms with Gasteiger partial charge in [0.25, 0.3) is 0 Å².